The van der Waals surface area contributed by atoms with Crippen molar-refractivity contribution in [3.8, 4) is 0 Å². The lowest BCUT2D eigenvalue weighted by atomic mass is 9.96. The molecule has 0 saturated heterocycles. The predicted molar refractivity (Wildman–Crippen MR) is 84.2 cm³/mol. The van der Waals surface area contributed by atoms with Crippen molar-refractivity contribution in [2.45, 2.75) is 43.8 Å². The molecule has 0 bridgehead atoms. The van der Waals surface area contributed by atoms with Gasteiger partial charge in [0.05, 0.1) is 0 Å². The zero-order valence-electron chi connectivity index (χ0n) is 12.5. The van der Waals surface area contributed by atoms with Crippen LogP contribution in [0.3, 0.4) is 0 Å². The van der Waals surface area contributed by atoms with Crippen LogP contribution in [-0.2, 0) is 5.41 Å². The van der Waals surface area contributed by atoms with Crippen molar-refractivity contribution in [3.05, 3.63) is 11.9 Å². The standard InChI is InChI=1S/C14H24N4S/c1-13(2,3)12-17-10(15-4)8-11(18-12)16-9-14(19-5)6-7-14/h8H,6-7,9H2,1-5H3,(H2,15,16,17,18). The van der Waals surface area contributed by atoms with Gasteiger partial charge in [0.25, 0.3) is 0 Å². The van der Waals surface area contributed by atoms with Crippen LogP contribution in [0.5, 0.6) is 0 Å². The number of thioether (sulfide) groups is 1. The van der Waals surface area contributed by atoms with Crippen LogP contribution in [0.2, 0.25) is 0 Å². The second kappa shape index (κ2) is 5.19. The molecule has 0 spiro atoms. The van der Waals surface area contributed by atoms with Gasteiger partial charge in [0.15, 0.2) is 0 Å². The Bertz CT molecular complexity index is 449. The summed E-state index contributed by atoms with van der Waals surface area (Å²) >= 11 is 1.96. The molecule has 1 aromatic heterocycles. The first-order chi connectivity index (χ1) is 8.88. The van der Waals surface area contributed by atoms with Crippen molar-refractivity contribution in [3.63, 3.8) is 0 Å². The van der Waals surface area contributed by atoms with E-state index in [4.69, 9.17) is 0 Å². The predicted octanol–water partition coefficient (Wildman–Crippen LogP) is 3.12. The average molecular weight is 280 g/mol. The van der Waals surface area contributed by atoms with E-state index < -0.39 is 0 Å². The molecule has 1 aliphatic rings. The van der Waals surface area contributed by atoms with Gasteiger partial charge in [-0.3, -0.25) is 0 Å². The van der Waals surface area contributed by atoms with Crippen molar-refractivity contribution in [1.82, 2.24) is 9.97 Å². The van der Waals surface area contributed by atoms with Gasteiger partial charge in [-0.05, 0) is 19.1 Å². The lowest BCUT2D eigenvalue weighted by Crippen LogP contribution is -2.21. The Morgan fingerprint density at radius 3 is 2.37 bits per heavy atom. The molecule has 1 saturated carbocycles. The normalized spacial score (nSPS) is 17.1. The number of nitrogens with zero attached hydrogens (tertiary/aromatic N) is 2. The highest BCUT2D eigenvalue weighted by Crippen LogP contribution is 2.47. The highest BCUT2D eigenvalue weighted by molar-refractivity contribution is 8.00. The van der Waals surface area contributed by atoms with E-state index in [9.17, 15) is 0 Å². The first kappa shape index (κ1) is 14.4. The molecule has 2 rings (SSSR count). The molecule has 1 aliphatic carbocycles. The second-order valence-electron chi connectivity index (χ2n) is 6.20. The molecular weight excluding hydrogens is 256 g/mol. The molecule has 0 atom stereocenters. The summed E-state index contributed by atoms with van der Waals surface area (Å²) in [5.41, 5.74) is -0.0416. The van der Waals surface area contributed by atoms with E-state index in [-0.39, 0.29) is 5.41 Å². The molecule has 1 heterocycles. The van der Waals surface area contributed by atoms with E-state index in [0.29, 0.717) is 4.75 Å². The molecule has 5 heteroatoms. The van der Waals surface area contributed by atoms with Crippen molar-refractivity contribution in [1.29, 1.82) is 0 Å². The SMILES string of the molecule is CNc1cc(NCC2(SC)CC2)nc(C(C)(C)C)n1. The van der Waals surface area contributed by atoms with Crippen LogP contribution in [-0.4, -0.2) is 34.6 Å². The summed E-state index contributed by atoms with van der Waals surface area (Å²) < 4.78 is 0.437. The smallest absolute Gasteiger partial charge is 0.138 e. The molecule has 1 aromatic rings. The monoisotopic (exact) mass is 280 g/mol. The van der Waals surface area contributed by atoms with Crippen molar-refractivity contribution < 1.29 is 0 Å². The van der Waals surface area contributed by atoms with Gasteiger partial charge < -0.3 is 10.6 Å². The Morgan fingerprint density at radius 2 is 1.89 bits per heavy atom. The summed E-state index contributed by atoms with van der Waals surface area (Å²) in [6, 6.07) is 1.98. The summed E-state index contributed by atoms with van der Waals surface area (Å²) in [4.78, 5) is 9.18. The average Bonchev–Trinajstić information content (AvgIpc) is 3.15. The summed E-state index contributed by atoms with van der Waals surface area (Å²) in [6.45, 7) is 7.39. The van der Waals surface area contributed by atoms with Crippen molar-refractivity contribution >= 4 is 23.4 Å². The summed E-state index contributed by atoms with van der Waals surface area (Å²) in [5, 5.41) is 6.58. The number of hydrogen-bond donors (Lipinski definition) is 2. The maximum atomic E-state index is 4.65. The fourth-order valence-corrected chi connectivity index (χ4v) is 2.57. The Labute approximate surface area is 120 Å². The highest BCUT2D eigenvalue weighted by atomic mass is 32.2. The third-order valence-electron chi connectivity index (χ3n) is 3.49. The minimum Gasteiger partial charge on any atom is -0.373 e. The number of nitrogens with one attached hydrogen (secondary N) is 2. The van der Waals surface area contributed by atoms with E-state index in [0.717, 1.165) is 24.0 Å². The Kier molecular flexibility index (Phi) is 3.95. The van der Waals surface area contributed by atoms with Crippen LogP contribution in [0.15, 0.2) is 6.07 Å². The Balaban J connectivity index is 2.15. The minimum atomic E-state index is -0.0416. The summed E-state index contributed by atoms with van der Waals surface area (Å²) in [5.74, 6) is 2.66. The zero-order chi connectivity index (χ0) is 14.1. The number of rotatable bonds is 5. The largest absolute Gasteiger partial charge is 0.373 e. The number of hydrogen-bond acceptors (Lipinski definition) is 5. The van der Waals surface area contributed by atoms with Crippen LogP contribution in [0, 0.1) is 0 Å². The number of anilines is 2. The van der Waals surface area contributed by atoms with E-state index in [1.54, 1.807) is 0 Å². The Morgan fingerprint density at radius 1 is 1.26 bits per heavy atom. The van der Waals surface area contributed by atoms with Crippen LogP contribution in [0.4, 0.5) is 11.6 Å². The molecule has 0 radical (unpaired) electrons. The third-order valence-corrected chi connectivity index (χ3v) is 4.90. The molecule has 0 amide bonds. The van der Waals surface area contributed by atoms with Gasteiger partial charge in [-0.2, -0.15) is 11.8 Å². The summed E-state index contributed by atoms with van der Waals surface area (Å²) in [6.07, 6.45) is 4.79. The minimum absolute atomic E-state index is 0.0416. The molecule has 1 fully saturated rings. The molecule has 0 unspecified atom stereocenters. The van der Waals surface area contributed by atoms with Gasteiger partial charge in [-0.1, -0.05) is 20.8 Å². The van der Waals surface area contributed by atoms with Gasteiger partial charge in [0.1, 0.15) is 17.5 Å². The first-order valence-corrected chi connectivity index (χ1v) is 7.97. The topological polar surface area (TPSA) is 49.8 Å². The molecule has 4 nitrogen and oxygen atoms in total. The van der Waals surface area contributed by atoms with E-state index in [1.807, 2.05) is 24.9 Å². The summed E-state index contributed by atoms with van der Waals surface area (Å²) in [7, 11) is 1.89. The van der Waals surface area contributed by atoms with Crippen LogP contribution < -0.4 is 10.6 Å². The second-order valence-corrected chi connectivity index (χ2v) is 7.48. The van der Waals surface area contributed by atoms with Crippen molar-refractivity contribution in [2.75, 3.05) is 30.5 Å². The van der Waals surface area contributed by atoms with Gasteiger partial charge in [-0.15, -0.1) is 0 Å². The lowest BCUT2D eigenvalue weighted by Gasteiger charge is -2.20. The van der Waals surface area contributed by atoms with Gasteiger partial charge in [0.2, 0.25) is 0 Å². The molecular formula is C14H24N4S. The van der Waals surface area contributed by atoms with Crippen molar-refractivity contribution in [2.24, 2.45) is 0 Å². The fraction of sp³-hybridized carbons (Fsp3) is 0.714. The molecule has 19 heavy (non-hydrogen) atoms. The molecule has 106 valence electrons. The molecule has 0 aromatic carbocycles. The van der Waals surface area contributed by atoms with Gasteiger partial charge >= 0.3 is 0 Å². The highest BCUT2D eigenvalue weighted by Gasteiger charge is 2.41. The maximum Gasteiger partial charge on any atom is 0.138 e. The van der Waals surface area contributed by atoms with Gasteiger partial charge in [0, 0.05) is 29.8 Å². The molecule has 0 aliphatic heterocycles. The maximum absolute atomic E-state index is 4.65. The first-order valence-electron chi connectivity index (χ1n) is 6.75. The van der Waals surface area contributed by atoms with E-state index in [2.05, 4.69) is 47.6 Å². The van der Waals surface area contributed by atoms with Crippen LogP contribution in [0.25, 0.3) is 0 Å². The zero-order valence-corrected chi connectivity index (χ0v) is 13.3. The van der Waals surface area contributed by atoms with Gasteiger partial charge in [-0.25, -0.2) is 9.97 Å². The fourth-order valence-electron chi connectivity index (χ4n) is 1.85. The van der Waals surface area contributed by atoms with Crippen LogP contribution in [0.1, 0.15) is 39.4 Å². The lowest BCUT2D eigenvalue weighted by molar-refractivity contribution is 0.546. The Hall–Kier alpha value is -0.970. The van der Waals surface area contributed by atoms with E-state index in [1.165, 1.54) is 12.8 Å². The van der Waals surface area contributed by atoms with Crippen LogP contribution >= 0.6 is 11.8 Å². The third kappa shape index (κ3) is 3.53. The quantitative estimate of drug-likeness (QED) is 0.868. The molecule has 2 N–H and O–H groups in total. The number of aromatic nitrogens is 2. The van der Waals surface area contributed by atoms with E-state index >= 15 is 0 Å².